The Morgan fingerprint density at radius 1 is 1.43 bits per heavy atom. The Hall–Kier alpha value is -2.87. The minimum absolute atomic E-state index is 0.145. The van der Waals surface area contributed by atoms with Crippen molar-refractivity contribution in [1.29, 1.82) is 10.8 Å². The molecule has 0 aromatic heterocycles. The summed E-state index contributed by atoms with van der Waals surface area (Å²) in [7, 11) is 3.45. The van der Waals surface area contributed by atoms with Gasteiger partial charge in [0.2, 0.25) is 5.96 Å². The van der Waals surface area contributed by atoms with Crippen LogP contribution in [0.3, 0.4) is 0 Å². The van der Waals surface area contributed by atoms with Gasteiger partial charge in [0.1, 0.15) is 0 Å². The average Bonchev–Trinajstić information content (AvgIpc) is 2.55. The molecule has 0 spiro atoms. The second-order valence-corrected chi connectivity index (χ2v) is 5.22. The highest BCUT2D eigenvalue weighted by Gasteiger charge is 2.27. The summed E-state index contributed by atoms with van der Waals surface area (Å²) >= 11 is 0. The molecule has 0 unspecified atom stereocenters. The monoisotopic (exact) mass is 315 g/mol. The molecule has 8 nitrogen and oxygen atoms in total. The molecule has 0 aliphatic carbocycles. The van der Waals surface area contributed by atoms with Gasteiger partial charge in [0.05, 0.1) is 12.1 Å². The largest absolute Gasteiger partial charge is 0.388 e. The van der Waals surface area contributed by atoms with Crippen molar-refractivity contribution >= 4 is 29.5 Å². The second kappa shape index (κ2) is 6.49. The van der Waals surface area contributed by atoms with Gasteiger partial charge >= 0.3 is 0 Å². The zero-order valence-electron chi connectivity index (χ0n) is 13.4. The summed E-state index contributed by atoms with van der Waals surface area (Å²) in [6.07, 6.45) is 1.25. The SMILES string of the molecule is CNc1cc(NC(=O)C2=C(C)N(C)C(=N)N(N)C2)ccc1C=N. The molecule has 1 aliphatic rings. The minimum atomic E-state index is -0.262. The Labute approximate surface area is 134 Å². The molecule has 1 aromatic rings. The molecule has 23 heavy (non-hydrogen) atoms. The predicted octanol–water partition coefficient (Wildman–Crippen LogP) is 0.994. The van der Waals surface area contributed by atoms with Gasteiger partial charge in [-0.25, -0.2) is 5.84 Å². The van der Waals surface area contributed by atoms with Crippen LogP contribution in [0.4, 0.5) is 11.4 Å². The van der Waals surface area contributed by atoms with Gasteiger partial charge in [0, 0.05) is 42.9 Å². The van der Waals surface area contributed by atoms with E-state index in [-0.39, 0.29) is 18.4 Å². The van der Waals surface area contributed by atoms with Gasteiger partial charge in [-0.15, -0.1) is 0 Å². The standard InChI is InChI=1S/C15H21N7O/c1-9-12(8-22(18)15(17)21(9)3)14(23)20-11-5-4-10(7-16)13(6-11)19-2/h4-7,16-17,19H,8,18H2,1-3H3,(H,20,23). The lowest BCUT2D eigenvalue weighted by Gasteiger charge is -2.34. The van der Waals surface area contributed by atoms with Crippen LogP contribution in [-0.4, -0.2) is 48.6 Å². The highest BCUT2D eigenvalue weighted by molar-refractivity contribution is 6.06. The van der Waals surface area contributed by atoms with E-state index in [1.165, 1.54) is 11.2 Å². The maximum absolute atomic E-state index is 12.5. The van der Waals surface area contributed by atoms with Crippen LogP contribution < -0.4 is 16.5 Å². The van der Waals surface area contributed by atoms with Crippen molar-refractivity contribution in [2.45, 2.75) is 6.92 Å². The van der Waals surface area contributed by atoms with Gasteiger partial charge in [-0.2, -0.15) is 0 Å². The molecule has 1 aliphatic heterocycles. The Balaban J connectivity index is 2.25. The Bertz CT molecular complexity index is 695. The molecule has 1 amide bonds. The number of anilines is 2. The fourth-order valence-electron chi connectivity index (χ4n) is 2.33. The number of carbonyl (C=O) groups is 1. The van der Waals surface area contributed by atoms with Gasteiger partial charge < -0.3 is 20.9 Å². The van der Waals surface area contributed by atoms with Crippen molar-refractivity contribution < 1.29 is 4.79 Å². The molecule has 8 heteroatoms. The molecule has 0 saturated heterocycles. The molecule has 0 bridgehead atoms. The molecule has 6 N–H and O–H groups in total. The van der Waals surface area contributed by atoms with Crippen molar-refractivity contribution in [2.75, 3.05) is 31.3 Å². The van der Waals surface area contributed by atoms with Gasteiger partial charge in [0.15, 0.2) is 0 Å². The second-order valence-electron chi connectivity index (χ2n) is 5.22. The van der Waals surface area contributed by atoms with E-state index in [2.05, 4.69) is 10.6 Å². The lowest BCUT2D eigenvalue weighted by molar-refractivity contribution is -0.113. The van der Waals surface area contributed by atoms with Crippen molar-refractivity contribution in [3.05, 3.63) is 35.0 Å². The lowest BCUT2D eigenvalue weighted by Crippen LogP contribution is -2.51. The minimum Gasteiger partial charge on any atom is -0.388 e. The maximum Gasteiger partial charge on any atom is 0.255 e. The number of hydrogen-bond donors (Lipinski definition) is 5. The van der Waals surface area contributed by atoms with Crippen LogP contribution in [0.25, 0.3) is 0 Å². The Morgan fingerprint density at radius 3 is 2.74 bits per heavy atom. The van der Waals surface area contributed by atoms with Crippen molar-refractivity contribution in [3.8, 4) is 0 Å². The van der Waals surface area contributed by atoms with E-state index in [4.69, 9.17) is 16.7 Å². The average molecular weight is 315 g/mol. The van der Waals surface area contributed by atoms with E-state index in [1.54, 1.807) is 44.1 Å². The van der Waals surface area contributed by atoms with Crippen molar-refractivity contribution in [2.24, 2.45) is 5.84 Å². The zero-order chi connectivity index (χ0) is 17.1. The number of rotatable bonds is 4. The van der Waals surface area contributed by atoms with Crippen LogP contribution in [0.2, 0.25) is 0 Å². The fourth-order valence-corrected chi connectivity index (χ4v) is 2.33. The molecule has 122 valence electrons. The van der Waals surface area contributed by atoms with Crippen molar-refractivity contribution in [1.82, 2.24) is 9.91 Å². The third-order valence-corrected chi connectivity index (χ3v) is 3.87. The van der Waals surface area contributed by atoms with E-state index in [9.17, 15) is 4.79 Å². The molecule has 2 rings (SSSR count). The van der Waals surface area contributed by atoms with Gasteiger partial charge in [-0.05, 0) is 25.1 Å². The van der Waals surface area contributed by atoms with E-state index in [0.29, 0.717) is 17.0 Å². The number of carbonyl (C=O) groups excluding carboxylic acids is 1. The first kappa shape index (κ1) is 16.5. The molecule has 1 heterocycles. The smallest absolute Gasteiger partial charge is 0.255 e. The summed E-state index contributed by atoms with van der Waals surface area (Å²) in [4.78, 5) is 14.1. The summed E-state index contributed by atoms with van der Waals surface area (Å²) in [5.74, 6) is 5.64. The van der Waals surface area contributed by atoms with Crippen LogP contribution in [0.15, 0.2) is 29.5 Å². The van der Waals surface area contributed by atoms with E-state index < -0.39 is 0 Å². The van der Waals surface area contributed by atoms with E-state index in [1.807, 2.05) is 0 Å². The zero-order valence-corrected chi connectivity index (χ0v) is 13.4. The molecular formula is C15H21N7O. The summed E-state index contributed by atoms with van der Waals surface area (Å²) in [6, 6.07) is 5.26. The summed E-state index contributed by atoms with van der Waals surface area (Å²) in [5, 5.41) is 22.2. The number of guanidine groups is 1. The molecular weight excluding hydrogens is 294 g/mol. The summed E-state index contributed by atoms with van der Waals surface area (Å²) < 4.78 is 0. The number of nitrogens with two attached hydrogens (primary N) is 1. The maximum atomic E-state index is 12.5. The molecule has 0 atom stereocenters. The number of hydrazine groups is 1. The fraction of sp³-hybridized carbons (Fsp3) is 0.267. The number of allylic oxidation sites excluding steroid dienone is 1. The Morgan fingerprint density at radius 2 is 2.13 bits per heavy atom. The Kier molecular flexibility index (Phi) is 4.65. The molecule has 1 aromatic carbocycles. The lowest BCUT2D eigenvalue weighted by atomic mass is 10.1. The van der Waals surface area contributed by atoms with Crippen LogP contribution in [0.1, 0.15) is 12.5 Å². The normalized spacial score (nSPS) is 14.9. The highest BCUT2D eigenvalue weighted by Crippen LogP contribution is 2.22. The van der Waals surface area contributed by atoms with Crippen LogP contribution in [0.5, 0.6) is 0 Å². The molecule has 0 radical (unpaired) electrons. The van der Waals surface area contributed by atoms with E-state index >= 15 is 0 Å². The van der Waals surface area contributed by atoms with Crippen LogP contribution >= 0.6 is 0 Å². The van der Waals surface area contributed by atoms with Crippen LogP contribution in [-0.2, 0) is 4.79 Å². The number of hydrogen-bond acceptors (Lipinski definition) is 5. The number of benzene rings is 1. The van der Waals surface area contributed by atoms with Gasteiger partial charge in [-0.1, -0.05) is 0 Å². The summed E-state index contributed by atoms with van der Waals surface area (Å²) in [5.41, 5.74) is 3.32. The third-order valence-electron chi connectivity index (χ3n) is 3.87. The number of amides is 1. The van der Waals surface area contributed by atoms with Gasteiger partial charge in [-0.3, -0.25) is 15.2 Å². The first-order valence-electron chi connectivity index (χ1n) is 7.07. The highest BCUT2D eigenvalue weighted by atomic mass is 16.1. The quantitative estimate of drug-likeness (QED) is 0.419. The first-order valence-corrected chi connectivity index (χ1v) is 7.07. The summed E-state index contributed by atoms with van der Waals surface area (Å²) in [6.45, 7) is 1.96. The first-order chi connectivity index (χ1) is 10.9. The van der Waals surface area contributed by atoms with Crippen LogP contribution in [0, 0.1) is 10.8 Å². The molecule has 0 fully saturated rings. The number of nitrogens with one attached hydrogen (secondary N) is 4. The predicted molar refractivity (Wildman–Crippen MR) is 91.6 cm³/mol. The topological polar surface area (TPSA) is 121 Å². The van der Waals surface area contributed by atoms with Crippen molar-refractivity contribution in [3.63, 3.8) is 0 Å². The third kappa shape index (κ3) is 3.16. The van der Waals surface area contributed by atoms with E-state index in [0.717, 1.165) is 11.3 Å². The van der Waals surface area contributed by atoms with Gasteiger partial charge in [0.25, 0.3) is 5.91 Å². The number of nitrogens with zero attached hydrogens (tertiary/aromatic N) is 2. The molecule has 0 saturated carbocycles.